The van der Waals surface area contributed by atoms with Crippen LogP contribution in [-0.2, 0) is 0 Å². The maximum absolute atomic E-state index is 13.1. The van der Waals surface area contributed by atoms with E-state index in [2.05, 4.69) is 0 Å². The summed E-state index contributed by atoms with van der Waals surface area (Å²) in [6, 6.07) is 7.22. The monoisotopic (exact) mass is 309 g/mol. The lowest BCUT2D eigenvalue weighted by Crippen LogP contribution is -2.12. The van der Waals surface area contributed by atoms with Crippen molar-refractivity contribution in [1.82, 2.24) is 0 Å². The molecule has 0 fully saturated rings. The van der Waals surface area contributed by atoms with Gasteiger partial charge in [-0.3, -0.25) is 15.5 Å². The first-order valence-electron chi connectivity index (χ1n) is 5.64. The second-order valence-corrected chi connectivity index (χ2v) is 4.46. The fraction of sp³-hybridized carbons (Fsp3) is 0. The van der Waals surface area contributed by atoms with E-state index >= 15 is 0 Å². The molecule has 108 valence electrons. The number of ether oxygens (including phenoxy) is 1. The molecule has 0 unspecified atom stereocenters. The van der Waals surface area contributed by atoms with Gasteiger partial charge in [-0.05, 0) is 24.3 Å². The first kappa shape index (κ1) is 14.7. The Kier molecular flexibility index (Phi) is 4.04. The Labute approximate surface area is 123 Å². The van der Waals surface area contributed by atoms with Gasteiger partial charge in [-0.2, -0.15) is 0 Å². The Morgan fingerprint density at radius 1 is 1.29 bits per heavy atom. The van der Waals surface area contributed by atoms with Gasteiger partial charge in [0, 0.05) is 11.1 Å². The van der Waals surface area contributed by atoms with Crippen molar-refractivity contribution in [3.63, 3.8) is 0 Å². The van der Waals surface area contributed by atoms with Gasteiger partial charge in [-0.25, -0.2) is 4.39 Å². The summed E-state index contributed by atoms with van der Waals surface area (Å²) in [6.07, 6.45) is 0. The molecule has 2 aromatic rings. The van der Waals surface area contributed by atoms with Crippen molar-refractivity contribution in [3.8, 4) is 11.5 Å². The molecule has 2 rings (SSSR count). The van der Waals surface area contributed by atoms with Crippen LogP contribution in [0.1, 0.15) is 5.56 Å². The molecule has 3 N–H and O–H groups in total. The summed E-state index contributed by atoms with van der Waals surface area (Å²) in [5, 5.41) is 18.7. The van der Waals surface area contributed by atoms with Crippen LogP contribution in [-0.4, -0.2) is 10.8 Å². The molecule has 0 aliphatic heterocycles. The second-order valence-electron chi connectivity index (χ2n) is 4.03. The van der Waals surface area contributed by atoms with Crippen LogP contribution in [0.4, 0.5) is 10.1 Å². The minimum atomic E-state index is -0.767. The zero-order valence-electron chi connectivity index (χ0n) is 10.5. The highest BCUT2D eigenvalue weighted by atomic mass is 35.5. The summed E-state index contributed by atoms with van der Waals surface area (Å²) in [5.74, 6) is -1.14. The predicted molar refractivity (Wildman–Crippen MR) is 75.6 cm³/mol. The Morgan fingerprint density at radius 2 is 2.00 bits per heavy atom. The van der Waals surface area contributed by atoms with Crippen LogP contribution in [0.25, 0.3) is 0 Å². The van der Waals surface area contributed by atoms with E-state index in [1.54, 1.807) is 0 Å². The molecule has 0 aromatic heterocycles. The van der Waals surface area contributed by atoms with Gasteiger partial charge >= 0.3 is 5.69 Å². The predicted octanol–water partition coefficient (Wildman–Crippen LogP) is 3.46. The maximum Gasteiger partial charge on any atom is 0.314 e. The van der Waals surface area contributed by atoms with Crippen LogP contribution >= 0.6 is 11.6 Å². The van der Waals surface area contributed by atoms with Crippen LogP contribution < -0.4 is 10.5 Å². The molecule has 0 saturated carbocycles. The third kappa shape index (κ3) is 3.26. The summed E-state index contributed by atoms with van der Waals surface area (Å²) in [7, 11) is 0. The van der Waals surface area contributed by atoms with Crippen molar-refractivity contribution < 1.29 is 14.1 Å². The van der Waals surface area contributed by atoms with Crippen LogP contribution in [0, 0.1) is 21.3 Å². The van der Waals surface area contributed by atoms with E-state index in [0.717, 1.165) is 18.2 Å². The molecule has 0 spiro atoms. The average Bonchev–Trinajstić information content (AvgIpc) is 2.40. The lowest BCUT2D eigenvalue weighted by Gasteiger charge is -2.11. The molecule has 8 heteroatoms. The Hall–Kier alpha value is -2.67. The highest BCUT2D eigenvalue weighted by molar-refractivity contribution is 6.30. The number of hydrogen-bond donors (Lipinski definition) is 2. The summed E-state index contributed by atoms with van der Waals surface area (Å²) >= 11 is 5.83. The van der Waals surface area contributed by atoms with Gasteiger partial charge in [0.2, 0.25) is 5.75 Å². The van der Waals surface area contributed by atoms with Crippen LogP contribution in [0.3, 0.4) is 0 Å². The number of nitro benzene ring substituents is 1. The number of nitrogens with one attached hydrogen (secondary N) is 1. The van der Waals surface area contributed by atoms with Gasteiger partial charge in [0.05, 0.1) is 16.6 Å². The number of halogens is 2. The molecule has 0 aliphatic rings. The fourth-order valence-electron chi connectivity index (χ4n) is 1.64. The van der Waals surface area contributed by atoms with Crippen molar-refractivity contribution in [2.45, 2.75) is 0 Å². The topological polar surface area (TPSA) is 102 Å². The zero-order valence-corrected chi connectivity index (χ0v) is 11.2. The number of nitrogens with zero attached hydrogens (tertiary/aromatic N) is 1. The highest BCUT2D eigenvalue weighted by Gasteiger charge is 2.19. The SMILES string of the molecule is N=C(N)c1ccc(Cl)cc1Oc1ccc(F)cc1[N+](=O)[O-]. The van der Waals surface area contributed by atoms with Gasteiger partial charge in [-0.1, -0.05) is 11.6 Å². The number of rotatable bonds is 4. The van der Waals surface area contributed by atoms with E-state index < -0.39 is 16.4 Å². The standard InChI is InChI=1S/C13H9ClFN3O3/c14-7-1-3-9(13(16)17)12(5-7)21-11-4-2-8(15)6-10(11)18(19)20/h1-6H,(H3,16,17). The van der Waals surface area contributed by atoms with Gasteiger partial charge < -0.3 is 10.5 Å². The third-order valence-corrected chi connectivity index (χ3v) is 2.81. The molecule has 0 heterocycles. The third-order valence-electron chi connectivity index (χ3n) is 2.57. The van der Waals surface area contributed by atoms with Gasteiger partial charge in [0.25, 0.3) is 0 Å². The van der Waals surface area contributed by atoms with Crippen molar-refractivity contribution in [3.05, 3.63) is 62.9 Å². The largest absolute Gasteiger partial charge is 0.449 e. The Bertz CT molecular complexity index is 737. The van der Waals surface area contributed by atoms with Crippen molar-refractivity contribution in [2.75, 3.05) is 0 Å². The molecular weight excluding hydrogens is 301 g/mol. The van der Waals surface area contributed by atoms with E-state index in [-0.39, 0.29) is 22.9 Å². The van der Waals surface area contributed by atoms with Crippen LogP contribution in [0.15, 0.2) is 36.4 Å². The van der Waals surface area contributed by atoms with E-state index in [1.165, 1.54) is 18.2 Å². The normalized spacial score (nSPS) is 10.2. The number of nitro groups is 1. The summed E-state index contributed by atoms with van der Waals surface area (Å²) in [6.45, 7) is 0. The molecule has 21 heavy (non-hydrogen) atoms. The fourth-order valence-corrected chi connectivity index (χ4v) is 1.80. The molecular formula is C13H9ClFN3O3. The maximum atomic E-state index is 13.1. The molecule has 0 aliphatic carbocycles. The highest BCUT2D eigenvalue weighted by Crippen LogP contribution is 2.34. The van der Waals surface area contributed by atoms with E-state index in [1.807, 2.05) is 0 Å². The number of hydrogen-bond acceptors (Lipinski definition) is 4. The van der Waals surface area contributed by atoms with E-state index in [9.17, 15) is 14.5 Å². The molecule has 2 aromatic carbocycles. The quantitative estimate of drug-likeness (QED) is 0.390. The molecule has 0 saturated heterocycles. The van der Waals surface area contributed by atoms with Crippen molar-refractivity contribution in [2.24, 2.45) is 5.73 Å². The van der Waals surface area contributed by atoms with Gasteiger partial charge in [0.1, 0.15) is 17.4 Å². The van der Waals surface area contributed by atoms with E-state index in [4.69, 9.17) is 27.5 Å². The number of amidine groups is 1. The van der Waals surface area contributed by atoms with Crippen LogP contribution in [0.2, 0.25) is 5.02 Å². The minimum absolute atomic E-state index is 0.0738. The Morgan fingerprint density at radius 3 is 2.62 bits per heavy atom. The minimum Gasteiger partial charge on any atom is -0.449 e. The van der Waals surface area contributed by atoms with Crippen molar-refractivity contribution in [1.29, 1.82) is 5.41 Å². The second kappa shape index (κ2) is 5.76. The summed E-state index contributed by atoms with van der Waals surface area (Å²) in [5.41, 5.74) is 5.09. The lowest BCUT2D eigenvalue weighted by molar-refractivity contribution is -0.385. The molecule has 0 atom stereocenters. The van der Waals surface area contributed by atoms with E-state index in [0.29, 0.717) is 5.02 Å². The Balaban J connectivity index is 2.50. The summed E-state index contributed by atoms with van der Waals surface area (Å²) < 4.78 is 18.5. The number of nitrogens with two attached hydrogens (primary N) is 1. The first-order chi connectivity index (χ1) is 9.88. The van der Waals surface area contributed by atoms with Crippen LogP contribution in [0.5, 0.6) is 11.5 Å². The molecule has 0 amide bonds. The van der Waals surface area contributed by atoms with Crippen molar-refractivity contribution >= 4 is 23.1 Å². The summed E-state index contributed by atoms with van der Waals surface area (Å²) in [4.78, 5) is 10.1. The molecule has 0 bridgehead atoms. The lowest BCUT2D eigenvalue weighted by atomic mass is 10.2. The van der Waals surface area contributed by atoms with Gasteiger partial charge in [0.15, 0.2) is 0 Å². The zero-order chi connectivity index (χ0) is 15.6. The smallest absolute Gasteiger partial charge is 0.314 e. The molecule has 0 radical (unpaired) electrons. The first-order valence-corrected chi connectivity index (χ1v) is 6.02. The number of nitrogen functional groups attached to an aromatic ring is 1. The molecule has 6 nitrogen and oxygen atoms in total. The van der Waals surface area contributed by atoms with Gasteiger partial charge in [-0.15, -0.1) is 0 Å². The number of benzene rings is 2. The average molecular weight is 310 g/mol.